The molecule has 1 saturated heterocycles. The van der Waals surface area contributed by atoms with Gasteiger partial charge in [-0.1, -0.05) is 19.0 Å². The van der Waals surface area contributed by atoms with Gasteiger partial charge < -0.3 is 9.42 Å². The van der Waals surface area contributed by atoms with E-state index in [2.05, 4.69) is 15.2 Å². The number of nitrogens with zero attached hydrogens (tertiary/aromatic N) is 5. The number of hydrogen-bond acceptors (Lipinski definition) is 5. The molecule has 1 aliphatic rings. The van der Waals surface area contributed by atoms with Crippen LogP contribution in [0, 0.1) is 0 Å². The summed E-state index contributed by atoms with van der Waals surface area (Å²) < 4.78 is 48.7. The highest BCUT2D eigenvalue weighted by molar-refractivity contribution is 5.82. The molecule has 0 bridgehead atoms. The minimum absolute atomic E-state index is 0.0539. The SMILES string of the molecule is CC(C)c1cc(C(F)(F)F)c2c([C@H]3CCCN(C(=O)C[C@H](C)n4cccn4)C3)noc2n1. The Kier molecular flexibility index (Phi) is 5.96. The third-order valence-electron chi connectivity index (χ3n) is 6.00. The van der Waals surface area contributed by atoms with Crippen molar-refractivity contribution in [1.82, 2.24) is 24.8 Å². The summed E-state index contributed by atoms with van der Waals surface area (Å²) >= 11 is 0. The zero-order valence-electron chi connectivity index (χ0n) is 18.3. The lowest BCUT2D eigenvalue weighted by atomic mass is 9.91. The van der Waals surface area contributed by atoms with Crippen LogP contribution in [0.15, 0.2) is 29.0 Å². The van der Waals surface area contributed by atoms with E-state index in [1.165, 1.54) is 0 Å². The van der Waals surface area contributed by atoms with E-state index in [4.69, 9.17) is 4.52 Å². The Balaban J connectivity index is 1.60. The number of piperidine rings is 1. The first kappa shape index (κ1) is 22.3. The van der Waals surface area contributed by atoms with Gasteiger partial charge in [-0.3, -0.25) is 9.48 Å². The van der Waals surface area contributed by atoms with Gasteiger partial charge in [0.25, 0.3) is 5.71 Å². The minimum atomic E-state index is -4.56. The van der Waals surface area contributed by atoms with Crippen LogP contribution in [0.2, 0.25) is 0 Å². The molecule has 0 aromatic carbocycles. The van der Waals surface area contributed by atoms with E-state index in [0.29, 0.717) is 31.6 Å². The van der Waals surface area contributed by atoms with Gasteiger partial charge in [0, 0.05) is 43.5 Å². The van der Waals surface area contributed by atoms with Crippen molar-refractivity contribution in [3.63, 3.8) is 0 Å². The second-order valence-electron chi connectivity index (χ2n) is 8.71. The van der Waals surface area contributed by atoms with Crippen molar-refractivity contribution < 1.29 is 22.5 Å². The smallest absolute Gasteiger partial charge is 0.342 e. The maximum absolute atomic E-state index is 13.9. The quantitative estimate of drug-likeness (QED) is 0.553. The summed E-state index contributed by atoms with van der Waals surface area (Å²) in [5.74, 6) is -0.586. The molecule has 0 spiro atoms. The summed E-state index contributed by atoms with van der Waals surface area (Å²) in [6, 6.07) is 2.77. The van der Waals surface area contributed by atoms with Crippen molar-refractivity contribution in [2.75, 3.05) is 13.1 Å². The van der Waals surface area contributed by atoms with Crippen LogP contribution in [-0.2, 0) is 11.0 Å². The predicted molar refractivity (Wildman–Crippen MR) is 111 cm³/mol. The monoisotopic (exact) mass is 449 g/mol. The van der Waals surface area contributed by atoms with Gasteiger partial charge in [0.15, 0.2) is 0 Å². The molecule has 0 saturated carbocycles. The Labute approximate surface area is 183 Å². The zero-order valence-corrected chi connectivity index (χ0v) is 18.3. The molecule has 10 heteroatoms. The third-order valence-corrected chi connectivity index (χ3v) is 6.00. The summed E-state index contributed by atoms with van der Waals surface area (Å²) in [4.78, 5) is 18.9. The average molecular weight is 449 g/mol. The van der Waals surface area contributed by atoms with Crippen molar-refractivity contribution in [3.8, 4) is 0 Å². The van der Waals surface area contributed by atoms with E-state index in [1.807, 2.05) is 6.92 Å². The summed E-state index contributed by atoms with van der Waals surface area (Å²) in [6.07, 6.45) is 0.471. The van der Waals surface area contributed by atoms with Crippen molar-refractivity contribution in [2.24, 2.45) is 0 Å². The largest absolute Gasteiger partial charge is 0.417 e. The fourth-order valence-corrected chi connectivity index (χ4v) is 4.23. The Morgan fingerprint density at radius 2 is 2.09 bits per heavy atom. The molecule has 7 nitrogen and oxygen atoms in total. The first-order valence-corrected chi connectivity index (χ1v) is 10.8. The van der Waals surface area contributed by atoms with Crippen molar-refractivity contribution in [2.45, 2.75) is 64.1 Å². The molecular formula is C22H26F3N5O2. The van der Waals surface area contributed by atoms with Crippen LogP contribution in [-0.4, -0.2) is 43.8 Å². The first-order valence-electron chi connectivity index (χ1n) is 10.8. The molecule has 0 radical (unpaired) electrons. The van der Waals surface area contributed by atoms with Gasteiger partial charge in [-0.25, -0.2) is 4.98 Å². The molecule has 0 N–H and O–H groups in total. The van der Waals surface area contributed by atoms with Crippen LogP contribution in [0.1, 0.15) is 74.9 Å². The fraction of sp³-hybridized carbons (Fsp3) is 0.545. The second-order valence-corrected chi connectivity index (χ2v) is 8.71. The van der Waals surface area contributed by atoms with E-state index >= 15 is 0 Å². The molecule has 1 amide bonds. The Hall–Kier alpha value is -2.91. The van der Waals surface area contributed by atoms with Gasteiger partial charge in [0.1, 0.15) is 0 Å². The topological polar surface area (TPSA) is 77.0 Å². The summed E-state index contributed by atoms with van der Waals surface area (Å²) in [6.45, 7) is 6.33. The number of hydrogen-bond donors (Lipinski definition) is 0. The van der Waals surface area contributed by atoms with Crippen LogP contribution in [0.4, 0.5) is 13.2 Å². The second kappa shape index (κ2) is 8.55. The lowest BCUT2D eigenvalue weighted by Gasteiger charge is -2.32. The molecule has 0 unspecified atom stereocenters. The summed E-state index contributed by atoms with van der Waals surface area (Å²) in [5, 5.41) is 8.07. The maximum Gasteiger partial charge on any atom is 0.417 e. The summed E-state index contributed by atoms with van der Waals surface area (Å²) in [7, 11) is 0. The molecule has 0 aliphatic carbocycles. The number of amides is 1. The highest BCUT2D eigenvalue weighted by Crippen LogP contribution is 2.40. The lowest BCUT2D eigenvalue weighted by molar-refractivity contribution is -0.136. The van der Waals surface area contributed by atoms with Gasteiger partial charge in [-0.15, -0.1) is 0 Å². The molecule has 3 aromatic rings. The Morgan fingerprint density at radius 1 is 1.31 bits per heavy atom. The first-order chi connectivity index (χ1) is 15.1. The number of alkyl halides is 3. The number of likely N-dealkylation sites (tertiary alicyclic amines) is 1. The molecule has 172 valence electrons. The number of fused-ring (bicyclic) bond motifs is 1. The molecular weight excluding hydrogens is 423 g/mol. The maximum atomic E-state index is 13.9. The zero-order chi connectivity index (χ0) is 23.0. The number of halogens is 3. The van der Waals surface area contributed by atoms with Crippen LogP contribution < -0.4 is 0 Å². The van der Waals surface area contributed by atoms with Crippen LogP contribution in [0.3, 0.4) is 0 Å². The summed E-state index contributed by atoms with van der Waals surface area (Å²) in [5.41, 5.74) is -0.346. The van der Waals surface area contributed by atoms with Gasteiger partial charge in [0.2, 0.25) is 5.91 Å². The number of carbonyl (C=O) groups is 1. The Morgan fingerprint density at radius 3 is 2.75 bits per heavy atom. The number of carbonyl (C=O) groups excluding carboxylic acids is 1. The predicted octanol–water partition coefficient (Wildman–Crippen LogP) is 4.92. The fourth-order valence-electron chi connectivity index (χ4n) is 4.23. The highest BCUT2D eigenvalue weighted by Gasteiger charge is 2.38. The van der Waals surface area contributed by atoms with Crippen molar-refractivity contribution in [3.05, 3.63) is 41.5 Å². The number of aromatic nitrogens is 4. The van der Waals surface area contributed by atoms with E-state index < -0.39 is 11.7 Å². The number of pyridine rings is 1. The van der Waals surface area contributed by atoms with E-state index in [1.54, 1.807) is 41.9 Å². The molecule has 2 atom stereocenters. The van der Waals surface area contributed by atoms with Gasteiger partial charge >= 0.3 is 6.18 Å². The molecule has 3 aromatic heterocycles. The standard InChI is InChI=1S/C22H26F3N5O2/c1-13(2)17-11-16(22(23,24)25)19-20(28-32-21(19)27-17)15-6-4-8-29(12-15)18(31)10-14(3)30-9-5-7-26-30/h5,7,9,11,13-15H,4,6,8,10,12H2,1-3H3/t14-,15-/m0/s1. The normalized spacial score (nSPS) is 18.5. The van der Waals surface area contributed by atoms with Gasteiger partial charge in [0.05, 0.1) is 22.7 Å². The minimum Gasteiger partial charge on any atom is -0.342 e. The van der Waals surface area contributed by atoms with Crippen LogP contribution in [0.25, 0.3) is 11.1 Å². The average Bonchev–Trinajstić information content (AvgIpc) is 3.42. The number of rotatable bonds is 5. The van der Waals surface area contributed by atoms with Gasteiger partial charge in [-0.2, -0.15) is 18.3 Å². The molecule has 4 heterocycles. The van der Waals surface area contributed by atoms with E-state index in [-0.39, 0.29) is 47.0 Å². The van der Waals surface area contributed by atoms with Gasteiger partial charge in [-0.05, 0) is 37.8 Å². The molecule has 1 fully saturated rings. The Bertz CT molecular complexity index is 1090. The van der Waals surface area contributed by atoms with Crippen molar-refractivity contribution in [1.29, 1.82) is 0 Å². The van der Waals surface area contributed by atoms with E-state index in [9.17, 15) is 18.0 Å². The van der Waals surface area contributed by atoms with Crippen LogP contribution >= 0.6 is 0 Å². The van der Waals surface area contributed by atoms with Crippen molar-refractivity contribution >= 4 is 17.0 Å². The lowest BCUT2D eigenvalue weighted by Crippen LogP contribution is -2.40. The molecule has 32 heavy (non-hydrogen) atoms. The molecule has 1 aliphatic heterocycles. The van der Waals surface area contributed by atoms with Crippen LogP contribution in [0.5, 0.6) is 0 Å². The highest BCUT2D eigenvalue weighted by atomic mass is 19.4. The third kappa shape index (κ3) is 4.35. The molecule has 4 rings (SSSR count). The van der Waals surface area contributed by atoms with E-state index in [0.717, 1.165) is 6.07 Å².